The van der Waals surface area contributed by atoms with Crippen LogP contribution in [-0.4, -0.2) is 41.6 Å². The van der Waals surface area contributed by atoms with Crippen molar-refractivity contribution in [1.29, 1.82) is 0 Å². The van der Waals surface area contributed by atoms with E-state index in [0.29, 0.717) is 30.9 Å². The third-order valence-electron chi connectivity index (χ3n) is 3.86. The molecule has 0 unspecified atom stereocenters. The number of benzene rings is 2. The number of nitrogens with one attached hydrogen (secondary N) is 1. The van der Waals surface area contributed by atoms with E-state index < -0.39 is 10.0 Å². The van der Waals surface area contributed by atoms with E-state index in [1.807, 2.05) is 0 Å². The Kier molecular flexibility index (Phi) is 6.59. The highest BCUT2D eigenvalue weighted by Gasteiger charge is 2.22. The maximum atomic E-state index is 12.9. The number of ether oxygens (including phenoxy) is 1. The molecule has 0 spiro atoms. The minimum Gasteiger partial charge on any atom is -0.497 e. The summed E-state index contributed by atoms with van der Waals surface area (Å²) in [7, 11) is -0.796. The minimum absolute atomic E-state index is 0.0438. The Bertz CT molecular complexity index is 851. The van der Waals surface area contributed by atoms with Gasteiger partial charge in [-0.1, -0.05) is 6.07 Å². The Morgan fingerprint density at radius 3 is 2.50 bits per heavy atom. The van der Waals surface area contributed by atoms with Crippen molar-refractivity contribution >= 4 is 21.6 Å². The van der Waals surface area contributed by atoms with Gasteiger partial charge in [-0.15, -0.1) is 0 Å². The molecule has 26 heavy (non-hydrogen) atoms. The first kappa shape index (κ1) is 19.7. The first-order chi connectivity index (χ1) is 12.4. The van der Waals surface area contributed by atoms with Crippen LogP contribution in [0.1, 0.15) is 16.8 Å². The lowest BCUT2D eigenvalue weighted by Crippen LogP contribution is -2.28. The molecular weight excluding hydrogens is 354 g/mol. The zero-order chi connectivity index (χ0) is 19.2. The molecule has 0 aliphatic rings. The van der Waals surface area contributed by atoms with Crippen molar-refractivity contribution in [3.8, 4) is 5.75 Å². The van der Waals surface area contributed by atoms with E-state index in [0.717, 1.165) is 4.31 Å². The average Bonchev–Trinajstić information content (AvgIpc) is 2.67. The third kappa shape index (κ3) is 4.53. The molecule has 0 bridgehead atoms. The van der Waals surface area contributed by atoms with E-state index in [1.54, 1.807) is 43.5 Å². The molecule has 7 nitrogen and oxygen atoms in total. The smallest absolute Gasteiger partial charge is 0.264 e. The number of sulfonamides is 1. The van der Waals surface area contributed by atoms with Crippen LogP contribution in [0.4, 0.5) is 5.69 Å². The van der Waals surface area contributed by atoms with Gasteiger partial charge in [0.2, 0.25) is 0 Å². The third-order valence-corrected chi connectivity index (χ3v) is 5.64. The normalized spacial score (nSPS) is 11.0. The van der Waals surface area contributed by atoms with Crippen molar-refractivity contribution in [2.75, 3.05) is 31.6 Å². The fraction of sp³-hybridized carbons (Fsp3) is 0.278. The molecule has 2 aromatic rings. The van der Waals surface area contributed by atoms with E-state index in [4.69, 9.17) is 10.5 Å². The van der Waals surface area contributed by atoms with Gasteiger partial charge in [-0.25, -0.2) is 8.42 Å². The number of anilines is 1. The Morgan fingerprint density at radius 1 is 1.19 bits per heavy atom. The van der Waals surface area contributed by atoms with E-state index in [2.05, 4.69) is 5.32 Å². The van der Waals surface area contributed by atoms with Crippen LogP contribution in [0, 0.1) is 0 Å². The minimum atomic E-state index is -3.80. The number of methoxy groups -OCH3 is 1. The summed E-state index contributed by atoms with van der Waals surface area (Å²) in [6.07, 6.45) is 0.657. The van der Waals surface area contributed by atoms with Crippen LogP contribution in [0.2, 0.25) is 0 Å². The highest BCUT2D eigenvalue weighted by Crippen LogP contribution is 2.24. The highest BCUT2D eigenvalue weighted by atomic mass is 32.2. The Hall–Kier alpha value is -2.58. The molecule has 3 N–H and O–H groups in total. The van der Waals surface area contributed by atoms with Crippen molar-refractivity contribution in [1.82, 2.24) is 5.32 Å². The van der Waals surface area contributed by atoms with Crippen molar-refractivity contribution in [2.45, 2.75) is 11.3 Å². The molecule has 8 heteroatoms. The summed E-state index contributed by atoms with van der Waals surface area (Å²) in [6, 6.07) is 12.6. The summed E-state index contributed by atoms with van der Waals surface area (Å²) in [5.41, 5.74) is 6.17. The van der Waals surface area contributed by atoms with Crippen molar-refractivity contribution < 1.29 is 17.9 Å². The van der Waals surface area contributed by atoms with E-state index >= 15 is 0 Å². The van der Waals surface area contributed by atoms with Crippen LogP contribution < -0.4 is 20.1 Å². The molecule has 0 aliphatic carbocycles. The Balaban J connectivity index is 2.24. The van der Waals surface area contributed by atoms with Crippen molar-refractivity contribution in [3.63, 3.8) is 0 Å². The highest BCUT2D eigenvalue weighted by molar-refractivity contribution is 7.92. The summed E-state index contributed by atoms with van der Waals surface area (Å²) in [4.78, 5) is 12.2. The fourth-order valence-corrected chi connectivity index (χ4v) is 3.53. The van der Waals surface area contributed by atoms with Gasteiger partial charge in [0.15, 0.2) is 0 Å². The summed E-state index contributed by atoms with van der Waals surface area (Å²) in [5.74, 6) is 0.304. The molecule has 0 radical (unpaired) electrons. The second-order valence-corrected chi connectivity index (χ2v) is 7.57. The van der Waals surface area contributed by atoms with Crippen LogP contribution in [0.5, 0.6) is 5.75 Å². The summed E-state index contributed by atoms with van der Waals surface area (Å²) >= 11 is 0. The Morgan fingerprint density at radius 2 is 1.88 bits per heavy atom. The van der Waals surface area contributed by atoms with Crippen molar-refractivity contribution in [3.05, 3.63) is 54.1 Å². The first-order valence-corrected chi connectivity index (χ1v) is 9.55. The molecule has 2 rings (SSSR count). The molecule has 0 aromatic heterocycles. The lowest BCUT2D eigenvalue weighted by atomic mass is 10.2. The monoisotopic (exact) mass is 377 g/mol. The predicted molar refractivity (Wildman–Crippen MR) is 101 cm³/mol. The van der Waals surface area contributed by atoms with Crippen LogP contribution in [0.15, 0.2) is 53.4 Å². The molecule has 1 amide bonds. The molecule has 0 fully saturated rings. The first-order valence-electron chi connectivity index (χ1n) is 8.11. The van der Waals surface area contributed by atoms with Gasteiger partial charge in [0.1, 0.15) is 5.75 Å². The lowest BCUT2D eigenvalue weighted by Gasteiger charge is -2.20. The quantitative estimate of drug-likeness (QED) is 0.681. The van der Waals surface area contributed by atoms with Crippen LogP contribution >= 0.6 is 0 Å². The van der Waals surface area contributed by atoms with Gasteiger partial charge in [0.25, 0.3) is 15.9 Å². The van der Waals surface area contributed by atoms with Crippen LogP contribution in [0.3, 0.4) is 0 Å². The number of nitrogens with zero attached hydrogens (tertiary/aromatic N) is 1. The summed E-state index contributed by atoms with van der Waals surface area (Å²) < 4.78 is 32.0. The van der Waals surface area contributed by atoms with Crippen molar-refractivity contribution in [2.24, 2.45) is 5.73 Å². The van der Waals surface area contributed by atoms with Crippen LogP contribution in [-0.2, 0) is 10.0 Å². The SMILES string of the molecule is COc1ccc(N(C)S(=O)(=O)c2cccc(C(=O)NCCCN)c2)cc1. The van der Waals surface area contributed by atoms with Gasteiger partial charge in [-0.3, -0.25) is 9.10 Å². The average molecular weight is 377 g/mol. The summed E-state index contributed by atoms with van der Waals surface area (Å²) in [5, 5.41) is 2.71. The molecule has 0 heterocycles. The standard InChI is InChI=1S/C18H23N3O4S/c1-21(15-7-9-16(25-2)10-8-15)26(23,24)17-6-3-5-14(13-17)18(22)20-12-4-11-19/h3,5-10,13H,4,11-12,19H2,1-2H3,(H,20,22). The Labute approximate surface area is 153 Å². The van der Waals surface area contributed by atoms with Gasteiger partial charge >= 0.3 is 0 Å². The van der Waals surface area contributed by atoms with Gasteiger partial charge in [-0.2, -0.15) is 0 Å². The number of nitrogens with two attached hydrogens (primary N) is 1. The molecular formula is C18H23N3O4S. The van der Waals surface area contributed by atoms with Gasteiger partial charge in [-0.05, 0) is 55.4 Å². The number of rotatable bonds is 8. The second kappa shape index (κ2) is 8.68. The number of carbonyl (C=O) groups excluding carboxylic acids is 1. The maximum Gasteiger partial charge on any atom is 0.264 e. The zero-order valence-electron chi connectivity index (χ0n) is 14.8. The van der Waals surface area contributed by atoms with Gasteiger partial charge in [0.05, 0.1) is 17.7 Å². The van der Waals surface area contributed by atoms with Gasteiger partial charge < -0.3 is 15.8 Å². The molecule has 0 saturated carbocycles. The molecule has 2 aromatic carbocycles. The van der Waals surface area contributed by atoms with E-state index in [1.165, 1.54) is 19.2 Å². The number of hydrogen-bond donors (Lipinski definition) is 2. The molecule has 0 atom stereocenters. The fourth-order valence-electron chi connectivity index (χ4n) is 2.29. The topological polar surface area (TPSA) is 102 Å². The largest absolute Gasteiger partial charge is 0.497 e. The summed E-state index contributed by atoms with van der Waals surface area (Å²) in [6.45, 7) is 0.916. The van der Waals surface area contributed by atoms with E-state index in [-0.39, 0.29) is 16.4 Å². The van der Waals surface area contributed by atoms with E-state index in [9.17, 15) is 13.2 Å². The molecule has 0 aliphatic heterocycles. The second-order valence-electron chi connectivity index (χ2n) is 5.60. The molecule has 140 valence electrons. The number of hydrogen-bond acceptors (Lipinski definition) is 5. The predicted octanol–water partition coefficient (Wildman–Crippen LogP) is 1.60. The van der Waals surface area contributed by atoms with Gasteiger partial charge in [0, 0.05) is 19.2 Å². The molecule has 0 saturated heterocycles. The zero-order valence-corrected chi connectivity index (χ0v) is 15.6. The maximum absolute atomic E-state index is 12.9. The number of amides is 1. The number of carbonyl (C=O) groups is 1. The van der Waals surface area contributed by atoms with Crippen LogP contribution in [0.25, 0.3) is 0 Å². The lowest BCUT2D eigenvalue weighted by molar-refractivity contribution is 0.0953.